The number of thioether (sulfide) groups is 1. The zero-order valence-corrected chi connectivity index (χ0v) is 15.9. The molecule has 3 rings (SSSR count). The van der Waals surface area contributed by atoms with Gasteiger partial charge in [0.2, 0.25) is 5.91 Å². The van der Waals surface area contributed by atoms with E-state index in [2.05, 4.69) is 4.99 Å². The van der Waals surface area contributed by atoms with Crippen molar-refractivity contribution in [1.29, 1.82) is 0 Å². The van der Waals surface area contributed by atoms with Crippen LogP contribution in [0, 0.1) is 0 Å². The van der Waals surface area contributed by atoms with Crippen molar-refractivity contribution in [1.82, 2.24) is 0 Å². The minimum Gasteiger partial charge on any atom is -0.481 e. The molecule has 0 saturated carbocycles. The third-order valence-corrected chi connectivity index (χ3v) is 7.52. The highest BCUT2D eigenvalue weighted by atomic mass is 32.2. The molecule has 1 amide bonds. The molecule has 0 aliphatic carbocycles. The van der Waals surface area contributed by atoms with Gasteiger partial charge in [0, 0.05) is 11.7 Å². The average molecular weight is 436 g/mol. The van der Waals surface area contributed by atoms with Crippen molar-refractivity contribution >= 4 is 44.3 Å². The van der Waals surface area contributed by atoms with E-state index >= 15 is 0 Å². The maximum Gasteiger partial charge on any atom is 0.418 e. The van der Waals surface area contributed by atoms with Gasteiger partial charge in [-0.05, 0) is 12.1 Å². The molecule has 0 aromatic heterocycles. The Kier molecular flexibility index (Phi) is 5.45. The Morgan fingerprint density at radius 3 is 2.54 bits per heavy atom. The molecule has 7 nitrogen and oxygen atoms in total. The minimum atomic E-state index is -4.69. The second-order valence-corrected chi connectivity index (χ2v) is 9.73. The Bertz CT molecular complexity index is 946. The number of aliphatic carboxylic acids is 1. The Morgan fingerprint density at radius 1 is 1.21 bits per heavy atom. The SMILES string of the molecule is O=C(O)CCC(=O)N=C1S[C@@H]2CS(=O)(=O)C[C@H]2N1c1ccccc1C(F)(F)F. The molecule has 2 heterocycles. The van der Waals surface area contributed by atoms with Gasteiger partial charge in [-0.2, -0.15) is 18.2 Å². The average Bonchev–Trinajstić information content (AvgIpc) is 3.03. The van der Waals surface area contributed by atoms with Crippen LogP contribution < -0.4 is 4.90 Å². The topological polar surface area (TPSA) is 104 Å². The fourth-order valence-electron chi connectivity index (χ4n) is 3.15. The quantitative estimate of drug-likeness (QED) is 0.771. The van der Waals surface area contributed by atoms with Gasteiger partial charge >= 0.3 is 12.1 Å². The molecular weight excluding hydrogens is 421 g/mol. The highest BCUT2D eigenvalue weighted by Gasteiger charge is 2.51. The van der Waals surface area contributed by atoms with Crippen LogP contribution in [0.4, 0.5) is 18.9 Å². The van der Waals surface area contributed by atoms with Gasteiger partial charge in [0.05, 0.1) is 35.2 Å². The molecule has 2 aliphatic heterocycles. The Balaban J connectivity index is 2.03. The summed E-state index contributed by atoms with van der Waals surface area (Å²) in [5.74, 6) is -2.56. The molecule has 1 aromatic rings. The van der Waals surface area contributed by atoms with E-state index in [1.807, 2.05) is 0 Å². The van der Waals surface area contributed by atoms with Gasteiger partial charge in [-0.15, -0.1) is 0 Å². The minimum absolute atomic E-state index is 0.0445. The Morgan fingerprint density at radius 2 is 1.89 bits per heavy atom. The molecule has 0 unspecified atom stereocenters. The molecule has 28 heavy (non-hydrogen) atoms. The number of hydrogen-bond acceptors (Lipinski definition) is 5. The zero-order chi connectivity index (χ0) is 20.7. The normalized spacial score (nSPS) is 25.1. The maximum atomic E-state index is 13.5. The van der Waals surface area contributed by atoms with Gasteiger partial charge in [-0.1, -0.05) is 23.9 Å². The van der Waals surface area contributed by atoms with Crippen LogP contribution in [-0.2, 0) is 25.6 Å². The molecule has 1 N–H and O–H groups in total. The molecule has 0 bridgehead atoms. The van der Waals surface area contributed by atoms with Crippen molar-refractivity contribution in [2.24, 2.45) is 4.99 Å². The number of rotatable bonds is 4. The molecule has 0 spiro atoms. The Hall–Kier alpha value is -2.08. The number of carboxylic acids is 1. The van der Waals surface area contributed by atoms with Crippen LogP contribution in [0.25, 0.3) is 0 Å². The van der Waals surface area contributed by atoms with Gasteiger partial charge in [0.1, 0.15) is 0 Å². The van der Waals surface area contributed by atoms with Crippen molar-refractivity contribution in [2.75, 3.05) is 16.4 Å². The Labute approximate surface area is 162 Å². The molecule has 2 aliphatic rings. The number of amidine groups is 1. The second kappa shape index (κ2) is 7.39. The number of carboxylic acid groups (broad SMARTS) is 1. The largest absolute Gasteiger partial charge is 0.481 e. The van der Waals surface area contributed by atoms with E-state index in [1.54, 1.807) is 0 Å². The first-order valence-corrected chi connectivity index (χ1v) is 10.8. The van der Waals surface area contributed by atoms with Crippen molar-refractivity contribution in [2.45, 2.75) is 30.3 Å². The first-order chi connectivity index (χ1) is 13.0. The number of alkyl halides is 3. The number of para-hydroxylation sites is 1. The lowest BCUT2D eigenvalue weighted by atomic mass is 10.1. The molecule has 0 radical (unpaired) electrons. The number of anilines is 1. The molecule has 2 saturated heterocycles. The van der Waals surface area contributed by atoms with Gasteiger partial charge < -0.3 is 10.0 Å². The molecule has 1 aromatic carbocycles. The third kappa shape index (κ3) is 4.32. The summed E-state index contributed by atoms with van der Waals surface area (Å²) in [4.78, 5) is 27.5. The van der Waals surface area contributed by atoms with Crippen LogP contribution in [0.2, 0.25) is 0 Å². The van der Waals surface area contributed by atoms with Gasteiger partial charge in [-0.3, -0.25) is 9.59 Å². The number of benzene rings is 1. The van der Waals surface area contributed by atoms with E-state index in [4.69, 9.17) is 5.11 Å². The van der Waals surface area contributed by atoms with Crippen molar-refractivity contribution in [3.05, 3.63) is 29.8 Å². The standard InChI is InChI=1S/C16H15F3N2O5S2/c17-16(18,19)9-3-1-2-4-10(9)21-11-7-28(25,26)8-12(11)27-15(21)20-13(22)5-6-14(23)24/h1-4,11-12H,5-8H2,(H,23,24)/t11-,12-/m1/s1. The summed E-state index contributed by atoms with van der Waals surface area (Å²) in [6, 6.07) is 3.89. The molecule has 152 valence electrons. The summed E-state index contributed by atoms with van der Waals surface area (Å²) in [6.07, 6.45) is -5.54. The van der Waals surface area contributed by atoms with Crippen LogP contribution in [0.15, 0.2) is 29.3 Å². The number of carbonyl (C=O) groups excluding carboxylic acids is 1. The predicted octanol–water partition coefficient (Wildman–Crippen LogP) is 2.17. The van der Waals surface area contributed by atoms with Crippen LogP contribution >= 0.6 is 11.8 Å². The molecule has 2 atom stereocenters. The highest BCUT2D eigenvalue weighted by molar-refractivity contribution is 8.16. The lowest BCUT2D eigenvalue weighted by molar-refractivity contribution is -0.138. The van der Waals surface area contributed by atoms with Gasteiger partial charge in [-0.25, -0.2) is 8.42 Å². The lowest BCUT2D eigenvalue weighted by Crippen LogP contribution is -2.39. The molecular formula is C16H15F3N2O5S2. The fraction of sp³-hybridized carbons (Fsp3) is 0.438. The van der Waals surface area contributed by atoms with E-state index in [0.29, 0.717) is 0 Å². The molecule has 12 heteroatoms. The maximum absolute atomic E-state index is 13.5. The van der Waals surface area contributed by atoms with Crippen LogP contribution in [0.3, 0.4) is 0 Å². The summed E-state index contributed by atoms with van der Waals surface area (Å²) >= 11 is 0.930. The van der Waals surface area contributed by atoms with E-state index < -0.39 is 57.6 Å². The summed E-state index contributed by atoms with van der Waals surface area (Å²) in [5, 5.41) is 8.06. The monoisotopic (exact) mass is 436 g/mol. The van der Waals surface area contributed by atoms with E-state index in [9.17, 15) is 31.2 Å². The summed E-state index contributed by atoms with van der Waals surface area (Å²) in [6.45, 7) is 0. The van der Waals surface area contributed by atoms with Crippen LogP contribution in [-0.4, -0.2) is 53.4 Å². The smallest absolute Gasteiger partial charge is 0.418 e. The number of sulfone groups is 1. The third-order valence-electron chi connectivity index (χ3n) is 4.31. The lowest BCUT2D eigenvalue weighted by Gasteiger charge is -2.27. The van der Waals surface area contributed by atoms with E-state index in [0.717, 1.165) is 22.7 Å². The first kappa shape index (κ1) is 20.6. The first-order valence-electron chi connectivity index (χ1n) is 8.14. The number of halogens is 3. The zero-order valence-electron chi connectivity index (χ0n) is 14.2. The number of nitrogens with zero attached hydrogens (tertiary/aromatic N) is 2. The summed E-state index contributed by atoms with van der Waals surface area (Å²) in [7, 11) is -3.43. The van der Waals surface area contributed by atoms with Gasteiger partial charge in [0.15, 0.2) is 15.0 Å². The molecule has 2 fully saturated rings. The van der Waals surface area contributed by atoms with Crippen LogP contribution in [0.5, 0.6) is 0 Å². The number of fused-ring (bicyclic) bond motifs is 1. The summed E-state index contributed by atoms with van der Waals surface area (Å²) < 4.78 is 64.4. The number of aliphatic imine (C=N–C) groups is 1. The van der Waals surface area contributed by atoms with Crippen molar-refractivity contribution < 1.29 is 36.3 Å². The predicted molar refractivity (Wildman–Crippen MR) is 97.1 cm³/mol. The number of hydrogen-bond donors (Lipinski definition) is 1. The fourth-order valence-corrected chi connectivity index (χ4v) is 7.07. The van der Waals surface area contributed by atoms with E-state index in [-0.39, 0.29) is 22.4 Å². The second-order valence-electron chi connectivity index (χ2n) is 6.37. The number of amides is 1. The van der Waals surface area contributed by atoms with Crippen molar-refractivity contribution in [3.63, 3.8) is 0 Å². The van der Waals surface area contributed by atoms with Crippen LogP contribution in [0.1, 0.15) is 18.4 Å². The van der Waals surface area contributed by atoms with Gasteiger partial charge in [0.25, 0.3) is 0 Å². The van der Waals surface area contributed by atoms with E-state index in [1.165, 1.54) is 18.2 Å². The highest BCUT2D eigenvalue weighted by Crippen LogP contribution is 2.45. The number of carbonyl (C=O) groups is 2. The summed E-state index contributed by atoms with van der Waals surface area (Å²) in [5.41, 5.74) is -1.25. The van der Waals surface area contributed by atoms with Crippen molar-refractivity contribution in [3.8, 4) is 0 Å².